The van der Waals surface area contributed by atoms with Crippen molar-refractivity contribution in [1.82, 2.24) is 0 Å². The number of benzene rings is 1. The highest BCUT2D eigenvalue weighted by Gasteiger charge is 2.55. The number of carbonyl (C=O) groups excluding carboxylic acids is 1. The molecular formula is C15H17NO5. The Balaban J connectivity index is 1.73. The zero-order valence-corrected chi connectivity index (χ0v) is 11.6. The van der Waals surface area contributed by atoms with Gasteiger partial charge < -0.3 is 19.9 Å². The van der Waals surface area contributed by atoms with Gasteiger partial charge in [0.2, 0.25) is 5.91 Å². The maximum Gasteiger partial charge on any atom is 0.310 e. The normalized spacial score (nSPS) is 30.1. The molecule has 4 atom stereocenters. The van der Waals surface area contributed by atoms with Gasteiger partial charge >= 0.3 is 5.97 Å². The highest BCUT2D eigenvalue weighted by Crippen LogP contribution is 2.44. The van der Waals surface area contributed by atoms with Gasteiger partial charge in [0.15, 0.2) is 0 Å². The number of hydrogen-bond acceptors (Lipinski definition) is 4. The highest BCUT2D eigenvalue weighted by atomic mass is 16.5. The lowest BCUT2D eigenvalue weighted by atomic mass is 9.78. The Morgan fingerprint density at radius 3 is 2.38 bits per heavy atom. The summed E-state index contributed by atoms with van der Waals surface area (Å²) in [7, 11) is 1.57. The van der Waals surface area contributed by atoms with Crippen LogP contribution < -0.4 is 10.1 Å². The van der Waals surface area contributed by atoms with Crippen LogP contribution in [0.15, 0.2) is 24.3 Å². The molecule has 0 aromatic heterocycles. The largest absolute Gasteiger partial charge is 0.497 e. The molecule has 3 rings (SSSR count). The van der Waals surface area contributed by atoms with Gasteiger partial charge in [0.25, 0.3) is 0 Å². The molecule has 2 heterocycles. The Kier molecular flexibility index (Phi) is 3.55. The second-order valence-corrected chi connectivity index (χ2v) is 5.40. The average Bonchev–Trinajstić information content (AvgIpc) is 3.08. The third kappa shape index (κ3) is 2.47. The van der Waals surface area contributed by atoms with E-state index >= 15 is 0 Å². The quantitative estimate of drug-likeness (QED) is 0.878. The van der Waals surface area contributed by atoms with Crippen molar-refractivity contribution in [3.05, 3.63) is 24.3 Å². The first-order valence-corrected chi connectivity index (χ1v) is 6.93. The third-order valence-electron chi connectivity index (χ3n) is 4.22. The minimum Gasteiger partial charge on any atom is -0.497 e. The summed E-state index contributed by atoms with van der Waals surface area (Å²) in [6.45, 7) is 0. The monoisotopic (exact) mass is 291 g/mol. The third-order valence-corrected chi connectivity index (χ3v) is 4.22. The zero-order chi connectivity index (χ0) is 15.0. The summed E-state index contributed by atoms with van der Waals surface area (Å²) in [6.07, 6.45) is 0.844. The van der Waals surface area contributed by atoms with Gasteiger partial charge in [0.05, 0.1) is 31.2 Å². The second-order valence-electron chi connectivity index (χ2n) is 5.40. The fourth-order valence-corrected chi connectivity index (χ4v) is 3.22. The van der Waals surface area contributed by atoms with Crippen molar-refractivity contribution in [3.63, 3.8) is 0 Å². The molecule has 2 N–H and O–H groups in total. The topological polar surface area (TPSA) is 84.9 Å². The fourth-order valence-electron chi connectivity index (χ4n) is 3.22. The Morgan fingerprint density at radius 2 is 1.81 bits per heavy atom. The van der Waals surface area contributed by atoms with Gasteiger partial charge in [-0.1, -0.05) is 0 Å². The second kappa shape index (κ2) is 5.37. The van der Waals surface area contributed by atoms with E-state index in [4.69, 9.17) is 9.47 Å². The van der Waals surface area contributed by atoms with Crippen LogP contribution in [-0.2, 0) is 14.3 Å². The zero-order valence-electron chi connectivity index (χ0n) is 11.6. The highest BCUT2D eigenvalue weighted by molar-refractivity contribution is 5.96. The first-order valence-electron chi connectivity index (χ1n) is 6.93. The summed E-state index contributed by atoms with van der Waals surface area (Å²) in [5, 5.41) is 12.1. The lowest BCUT2D eigenvalue weighted by Crippen LogP contribution is -2.40. The molecule has 21 heavy (non-hydrogen) atoms. The van der Waals surface area contributed by atoms with Crippen molar-refractivity contribution < 1.29 is 24.2 Å². The van der Waals surface area contributed by atoms with Gasteiger partial charge in [-0.2, -0.15) is 0 Å². The van der Waals surface area contributed by atoms with Crippen LogP contribution in [-0.4, -0.2) is 36.3 Å². The molecule has 1 amide bonds. The van der Waals surface area contributed by atoms with Gasteiger partial charge in [-0.3, -0.25) is 9.59 Å². The van der Waals surface area contributed by atoms with E-state index in [9.17, 15) is 14.7 Å². The molecule has 2 fully saturated rings. The maximum atomic E-state index is 12.4. The van der Waals surface area contributed by atoms with Crippen LogP contribution in [0.2, 0.25) is 0 Å². The summed E-state index contributed by atoms with van der Waals surface area (Å²) in [5.41, 5.74) is 0.618. The smallest absolute Gasteiger partial charge is 0.310 e. The molecule has 0 saturated carbocycles. The summed E-state index contributed by atoms with van der Waals surface area (Å²) in [6, 6.07) is 6.92. The predicted octanol–water partition coefficient (Wildman–Crippen LogP) is 1.51. The van der Waals surface area contributed by atoms with E-state index in [0.29, 0.717) is 17.9 Å². The van der Waals surface area contributed by atoms with Crippen molar-refractivity contribution in [2.24, 2.45) is 11.8 Å². The molecule has 112 valence electrons. The molecule has 2 bridgehead atoms. The van der Waals surface area contributed by atoms with Crippen molar-refractivity contribution in [2.75, 3.05) is 12.4 Å². The number of methoxy groups -OCH3 is 1. The molecular weight excluding hydrogens is 274 g/mol. The van der Waals surface area contributed by atoms with E-state index in [2.05, 4.69) is 5.32 Å². The molecule has 6 nitrogen and oxygen atoms in total. The minimum atomic E-state index is -0.961. The maximum absolute atomic E-state index is 12.4. The molecule has 6 heteroatoms. The van der Waals surface area contributed by atoms with Gasteiger partial charge in [-0.15, -0.1) is 0 Å². The van der Waals surface area contributed by atoms with Crippen molar-refractivity contribution in [1.29, 1.82) is 0 Å². The number of ether oxygens (including phenoxy) is 2. The van der Waals surface area contributed by atoms with E-state index < -0.39 is 17.8 Å². The number of aliphatic carboxylic acids is 1. The number of carbonyl (C=O) groups is 2. The molecule has 2 aliphatic rings. The molecule has 1 aromatic carbocycles. The summed E-state index contributed by atoms with van der Waals surface area (Å²) < 4.78 is 10.6. The van der Waals surface area contributed by atoms with Gasteiger partial charge in [-0.25, -0.2) is 0 Å². The fraction of sp³-hybridized carbons (Fsp3) is 0.467. The van der Waals surface area contributed by atoms with Crippen molar-refractivity contribution >= 4 is 17.6 Å². The van der Waals surface area contributed by atoms with Gasteiger partial charge in [0, 0.05) is 5.69 Å². The van der Waals surface area contributed by atoms with Crippen LogP contribution >= 0.6 is 0 Å². The number of carboxylic acid groups (broad SMARTS) is 1. The summed E-state index contributed by atoms with van der Waals surface area (Å²) in [5.74, 6) is -1.93. The van der Waals surface area contributed by atoms with E-state index in [1.54, 1.807) is 31.4 Å². The Bertz CT molecular complexity index is 556. The van der Waals surface area contributed by atoms with Crippen molar-refractivity contribution in [3.8, 4) is 5.75 Å². The van der Waals surface area contributed by atoms with Gasteiger partial charge in [0.1, 0.15) is 5.75 Å². The number of rotatable bonds is 4. The minimum absolute atomic E-state index is 0.283. The summed E-state index contributed by atoms with van der Waals surface area (Å²) in [4.78, 5) is 23.8. The molecule has 0 aliphatic carbocycles. The van der Waals surface area contributed by atoms with Crippen LogP contribution in [0.3, 0.4) is 0 Å². The van der Waals surface area contributed by atoms with Crippen LogP contribution in [0.25, 0.3) is 0 Å². The Labute approximate surface area is 122 Å². The first kappa shape index (κ1) is 13.9. The molecule has 1 aromatic rings. The number of carboxylic acids is 1. The number of fused-ring (bicyclic) bond motifs is 2. The van der Waals surface area contributed by atoms with E-state index in [-0.39, 0.29) is 18.1 Å². The van der Waals surface area contributed by atoms with E-state index in [1.807, 2.05) is 0 Å². The van der Waals surface area contributed by atoms with Gasteiger partial charge in [-0.05, 0) is 37.1 Å². The summed E-state index contributed by atoms with van der Waals surface area (Å²) >= 11 is 0. The first-order chi connectivity index (χ1) is 10.1. The standard InChI is InChI=1S/C15H17NO5/c1-20-9-4-2-8(3-5-9)16-14(17)12-10-6-7-11(21-10)13(12)15(18)19/h2-5,10-13H,6-7H2,1H3,(H,16,17)(H,18,19)/t10-,11+,12?,13?/m0/s1. The predicted molar refractivity (Wildman–Crippen MR) is 74.1 cm³/mol. The Morgan fingerprint density at radius 1 is 1.19 bits per heavy atom. The van der Waals surface area contributed by atoms with Crippen LogP contribution in [0, 0.1) is 11.8 Å². The Hall–Kier alpha value is -2.08. The molecule has 2 saturated heterocycles. The number of hydrogen-bond donors (Lipinski definition) is 2. The van der Waals surface area contributed by atoms with Crippen LogP contribution in [0.1, 0.15) is 12.8 Å². The van der Waals surface area contributed by atoms with E-state index in [1.165, 1.54) is 0 Å². The van der Waals surface area contributed by atoms with Crippen molar-refractivity contribution in [2.45, 2.75) is 25.0 Å². The number of nitrogens with one attached hydrogen (secondary N) is 1. The molecule has 0 radical (unpaired) electrons. The molecule has 2 aliphatic heterocycles. The molecule has 0 spiro atoms. The number of amides is 1. The lowest BCUT2D eigenvalue weighted by molar-refractivity contribution is -0.147. The van der Waals surface area contributed by atoms with Crippen LogP contribution in [0.5, 0.6) is 5.75 Å². The lowest BCUT2D eigenvalue weighted by Gasteiger charge is -2.23. The average molecular weight is 291 g/mol. The molecule has 2 unspecified atom stereocenters. The SMILES string of the molecule is COc1ccc(NC(=O)C2C(C(=O)O)[C@H]3CC[C@@H]2O3)cc1. The number of anilines is 1. The van der Waals surface area contributed by atoms with E-state index in [0.717, 1.165) is 6.42 Å². The van der Waals surface area contributed by atoms with Crippen LogP contribution in [0.4, 0.5) is 5.69 Å².